The van der Waals surface area contributed by atoms with Gasteiger partial charge >= 0.3 is 0 Å². The number of nitrogens with one attached hydrogen (secondary N) is 1. The quantitative estimate of drug-likeness (QED) is 0.742. The smallest absolute Gasteiger partial charge is 0.270 e. The summed E-state index contributed by atoms with van der Waals surface area (Å²) in [6.45, 7) is 0. The molecule has 1 amide bonds. The Kier molecular flexibility index (Phi) is 4.81. The normalized spacial score (nSPS) is 20.0. The molecule has 2 heterocycles. The van der Waals surface area contributed by atoms with Crippen LogP contribution in [0.4, 0.5) is 0 Å². The van der Waals surface area contributed by atoms with Crippen molar-refractivity contribution in [2.24, 2.45) is 0 Å². The predicted octanol–water partition coefficient (Wildman–Crippen LogP) is 3.03. The summed E-state index contributed by atoms with van der Waals surface area (Å²) in [5, 5.41) is 19.5. The fraction of sp³-hybridized carbons (Fsp3) is 0.316. The van der Waals surface area contributed by atoms with Gasteiger partial charge in [-0.1, -0.05) is 18.2 Å². The second-order valence-corrected chi connectivity index (χ2v) is 7.38. The van der Waals surface area contributed by atoms with Crippen LogP contribution >= 0.6 is 11.3 Å². The number of aliphatic hydroxyl groups is 1. The molecular weight excluding hydrogens is 348 g/mol. The first-order valence-corrected chi connectivity index (χ1v) is 9.62. The summed E-state index contributed by atoms with van der Waals surface area (Å²) in [4.78, 5) is 16.9. The molecule has 0 radical (unpaired) electrons. The van der Waals surface area contributed by atoms with Gasteiger partial charge in [0.05, 0.1) is 18.0 Å². The standard InChI is InChI=1S/C19H20N4O2S/c24-16-8-6-14(7-9-16)21-18(25)17-12-26-19(22-17)13-10-20-23(11-13)15-4-2-1-3-5-15/h1-5,10-12,14,16,24H,6-9H2,(H,21,25). The van der Waals surface area contributed by atoms with Crippen molar-refractivity contribution in [1.82, 2.24) is 20.1 Å². The summed E-state index contributed by atoms with van der Waals surface area (Å²) in [5.74, 6) is -0.149. The van der Waals surface area contributed by atoms with Gasteiger partial charge in [0.15, 0.2) is 0 Å². The van der Waals surface area contributed by atoms with Crippen molar-refractivity contribution in [2.45, 2.75) is 37.8 Å². The third-order valence-corrected chi connectivity index (χ3v) is 5.51. The number of rotatable bonds is 4. The van der Waals surface area contributed by atoms with Gasteiger partial charge in [0.2, 0.25) is 0 Å². The first-order chi connectivity index (χ1) is 12.7. The summed E-state index contributed by atoms with van der Waals surface area (Å²) >= 11 is 1.44. The number of aromatic nitrogens is 3. The maximum absolute atomic E-state index is 12.4. The lowest BCUT2D eigenvalue weighted by Crippen LogP contribution is -2.38. The topological polar surface area (TPSA) is 80.0 Å². The zero-order valence-corrected chi connectivity index (χ0v) is 15.0. The van der Waals surface area contributed by atoms with E-state index in [0.717, 1.165) is 41.9 Å². The van der Waals surface area contributed by atoms with Crippen LogP contribution in [0.5, 0.6) is 0 Å². The number of aliphatic hydroxyl groups excluding tert-OH is 1. The highest BCUT2D eigenvalue weighted by Crippen LogP contribution is 2.25. The summed E-state index contributed by atoms with van der Waals surface area (Å²) in [7, 11) is 0. The van der Waals surface area contributed by atoms with E-state index < -0.39 is 0 Å². The summed E-state index contributed by atoms with van der Waals surface area (Å²) in [6.07, 6.45) is 6.56. The first kappa shape index (κ1) is 16.9. The second-order valence-electron chi connectivity index (χ2n) is 6.53. The van der Waals surface area contributed by atoms with E-state index in [2.05, 4.69) is 15.4 Å². The largest absolute Gasteiger partial charge is 0.393 e. The fourth-order valence-electron chi connectivity index (χ4n) is 3.15. The van der Waals surface area contributed by atoms with Crippen LogP contribution in [0.1, 0.15) is 36.2 Å². The van der Waals surface area contributed by atoms with Crippen molar-refractivity contribution in [2.75, 3.05) is 0 Å². The maximum Gasteiger partial charge on any atom is 0.270 e. The molecule has 0 unspecified atom stereocenters. The molecule has 0 saturated heterocycles. The lowest BCUT2D eigenvalue weighted by Gasteiger charge is -2.25. The number of benzene rings is 1. The molecule has 3 aromatic rings. The molecule has 2 N–H and O–H groups in total. The SMILES string of the molecule is O=C(NC1CCC(O)CC1)c1csc(-c2cnn(-c3ccccc3)c2)n1. The van der Waals surface area contributed by atoms with E-state index in [4.69, 9.17) is 0 Å². The fourth-order valence-corrected chi connectivity index (χ4v) is 3.92. The van der Waals surface area contributed by atoms with Crippen molar-refractivity contribution in [3.05, 3.63) is 53.8 Å². The third-order valence-electron chi connectivity index (χ3n) is 4.62. The Hall–Kier alpha value is -2.51. The lowest BCUT2D eigenvalue weighted by molar-refractivity contribution is 0.0864. The number of hydrogen-bond donors (Lipinski definition) is 2. The summed E-state index contributed by atoms with van der Waals surface area (Å²) < 4.78 is 1.80. The van der Waals surface area contributed by atoms with Gasteiger partial charge < -0.3 is 10.4 Å². The van der Waals surface area contributed by atoms with Gasteiger partial charge in [0.25, 0.3) is 5.91 Å². The molecule has 7 heteroatoms. The van der Waals surface area contributed by atoms with Gasteiger partial charge in [-0.3, -0.25) is 4.79 Å². The molecule has 0 spiro atoms. The van der Waals surface area contributed by atoms with Crippen molar-refractivity contribution in [3.8, 4) is 16.3 Å². The van der Waals surface area contributed by atoms with Gasteiger partial charge in [-0.15, -0.1) is 11.3 Å². The van der Waals surface area contributed by atoms with E-state index in [9.17, 15) is 9.90 Å². The van der Waals surface area contributed by atoms with Crippen molar-refractivity contribution >= 4 is 17.2 Å². The van der Waals surface area contributed by atoms with Crippen LogP contribution in [0.15, 0.2) is 48.1 Å². The van der Waals surface area contributed by atoms with Gasteiger partial charge in [-0.05, 0) is 37.8 Å². The van der Waals surface area contributed by atoms with E-state index in [1.165, 1.54) is 11.3 Å². The number of carbonyl (C=O) groups excluding carboxylic acids is 1. The second kappa shape index (κ2) is 7.39. The molecule has 1 aliphatic rings. The van der Waals surface area contributed by atoms with Gasteiger partial charge in [0.1, 0.15) is 10.7 Å². The molecule has 1 aromatic carbocycles. The Balaban J connectivity index is 1.45. The number of carbonyl (C=O) groups is 1. The number of hydrogen-bond acceptors (Lipinski definition) is 5. The average molecular weight is 368 g/mol. The molecule has 1 aliphatic carbocycles. The molecule has 4 rings (SSSR count). The van der Waals surface area contributed by atoms with Crippen LogP contribution in [-0.2, 0) is 0 Å². The maximum atomic E-state index is 12.4. The van der Waals surface area contributed by atoms with E-state index in [0.29, 0.717) is 5.69 Å². The van der Waals surface area contributed by atoms with Gasteiger partial charge in [-0.25, -0.2) is 9.67 Å². The highest BCUT2D eigenvalue weighted by molar-refractivity contribution is 7.13. The first-order valence-electron chi connectivity index (χ1n) is 8.74. The number of para-hydroxylation sites is 1. The number of nitrogens with zero attached hydrogens (tertiary/aromatic N) is 3. The van der Waals surface area contributed by atoms with Crippen LogP contribution < -0.4 is 5.32 Å². The highest BCUT2D eigenvalue weighted by Gasteiger charge is 2.22. The van der Waals surface area contributed by atoms with Crippen LogP contribution in [-0.4, -0.2) is 37.9 Å². The van der Waals surface area contributed by atoms with Crippen LogP contribution in [0, 0.1) is 0 Å². The summed E-state index contributed by atoms with van der Waals surface area (Å²) in [5.41, 5.74) is 2.30. The average Bonchev–Trinajstić information content (AvgIpc) is 3.34. The third kappa shape index (κ3) is 3.68. The van der Waals surface area contributed by atoms with Crippen LogP contribution in [0.25, 0.3) is 16.3 Å². The molecule has 6 nitrogen and oxygen atoms in total. The van der Waals surface area contributed by atoms with E-state index in [1.807, 2.05) is 36.5 Å². The molecule has 1 saturated carbocycles. The summed E-state index contributed by atoms with van der Waals surface area (Å²) in [6, 6.07) is 9.99. The molecule has 0 atom stereocenters. The lowest BCUT2D eigenvalue weighted by atomic mass is 9.93. The van der Waals surface area contributed by atoms with E-state index >= 15 is 0 Å². The highest BCUT2D eigenvalue weighted by atomic mass is 32.1. The number of thiazole rings is 1. The van der Waals surface area contributed by atoms with E-state index in [1.54, 1.807) is 16.3 Å². The molecule has 2 aromatic heterocycles. The molecule has 0 aliphatic heterocycles. The molecular formula is C19H20N4O2S. The van der Waals surface area contributed by atoms with Crippen molar-refractivity contribution < 1.29 is 9.90 Å². The van der Waals surface area contributed by atoms with Crippen molar-refractivity contribution in [3.63, 3.8) is 0 Å². The van der Waals surface area contributed by atoms with Crippen molar-refractivity contribution in [1.29, 1.82) is 0 Å². The van der Waals surface area contributed by atoms with E-state index in [-0.39, 0.29) is 18.1 Å². The Morgan fingerprint density at radius 3 is 2.73 bits per heavy atom. The van der Waals surface area contributed by atoms with Gasteiger partial charge in [0, 0.05) is 23.2 Å². The zero-order chi connectivity index (χ0) is 17.9. The Labute approximate surface area is 155 Å². The minimum absolute atomic E-state index is 0.122. The molecule has 26 heavy (non-hydrogen) atoms. The zero-order valence-electron chi connectivity index (χ0n) is 14.2. The monoisotopic (exact) mass is 368 g/mol. The van der Waals surface area contributed by atoms with Crippen LogP contribution in [0.2, 0.25) is 0 Å². The Bertz CT molecular complexity index is 882. The molecule has 134 valence electrons. The Morgan fingerprint density at radius 1 is 1.19 bits per heavy atom. The predicted molar refractivity (Wildman–Crippen MR) is 100 cm³/mol. The molecule has 0 bridgehead atoms. The van der Waals surface area contributed by atoms with Gasteiger partial charge in [-0.2, -0.15) is 5.10 Å². The molecule has 1 fully saturated rings. The minimum atomic E-state index is -0.227. The number of amides is 1. The minimum Gasteiger partial charge on any atom is -0.393 e. The van der Waals surface area contributed by atoms with Crippen LogP contribution in [0.3, 0.4) is 0 Å². The Morgan fingerprint density at radius 2 is 1.96 bits per heavy atom.